The largest absolute Gasteiger partial charge is 0.381 e. The van der Waals surface area contributed by atoms with Crippen LogP contribution >= 0.6 is 0 Å². The lowest BCUT2D eigenvalue weighted by Crippen LogP contribution is -2.33. The average molecular weight is 250 g/mol. The third-order valence-corrected chi connectivity index (χ3v) is 3.26. The number of ether oxygens (including phenoxy) is 1. The summed E-state index contributed by atoms with van der Waals surface area (Å²) in [4.78, 5) is 2.03. The SMILES string of the molecule is CC(N)CN(C)c1ccc(C2CCOCC2)nn1. The van der Waals surface area contributed by atoms with Crippen molar-refractivity contribution < 1.29 is 4.74 Å². The van der Waals surface area contributed by atoms with Crippen LogP contribution in [0, 0.1) is 0 Å². The van der Waals surface area contributed by atoms with Crippen molar-refractivity contribution in [2.45, 2.75) is 31.7 Å². The second-order valence-corrected chi connectivity index (χ2v) is 5.06. The Balaban J connectivity index is 2.00. The van der Waals surface area contributed by atoms with Gasteiger partial charge in [-0.2, -0.15) is 5.10 Å². The van der Waals surface area contributed by atoms with Gasteiger partial charge < -0.3 is 15.4 Å². The van der Waals surface area contributed by atoms with E-state index in [1.165, 1.54) is 0 Å². The summed E-state index contributed by atoms with van der Waals surface area (Å²) in [6.07, 6.45) is 2.09. The molecule has 1 unspecified atom stereocenters. The van der Waals surface area contributed by atoms with Gasteiger partial charge in [-0.25, -0.2) is 0 Å². The lowest BCUT2D eigenvalue weighted by Gasteiger charge is -2.23. The molecule has 1 aromatic heterocycles. The normalized spacial score (nSPS) is 18.6. The zero-order chi connectivity index (χ0) is 13.0. The molecule has 1 fully saturated rings. The van der Waals surface area contributed by atoms with Crippen molar-refractivity contribution in [2.75, 3.05) is 31.7 Å². The molecule has 1 aliphatic heterocycles. The Bertz CT molecular complexity index is 360. The summed E-state index contributed by atoms with van der Waals surface area (Å²) in [5, 5.41) is 8.63. The predicted molar refractivity (Wildman–Crippen MR) is 71.7 cm³/mol. The summed E-state index contributed by atoms with van der Waals surface area (Å²) in [6.45, 7) is 4.43. The molecule has 2 rings (SSSR count). The smallest absolute Gasteiger partial charge is 0.151 e. The molecular formula is C13H22N4O. The van der Waals surface area contributed by atoms with E-state index in [9.17, 15) is 0 Å². The molecule has 0 radical (unpaired) electrons. The highest BCUT2D eigenvalue weighted by atomic mass is 16.5. The van der Waals surface area contributed by atoms with Crippen LogP contribution in [0.1, 0.15) is 31.4 Å². The van der Waals surface area contributed by atoms with Gasteiger partial charge in [-0.15, -0.1) is 5.10 Å². The number of nitrogens with zero attached hydrogens (tertiary/aromatic N) is 3. The molecule has 0 spiro atoms. The van der Waals surface area contributed by atoms with Crippen LogP contribution in [0.4, 0.5) is 5.82 Å². The Morgan fingerprint density at radius 1 is 1.39 bits per heavy atom. The molecule has 0 amide bonds. The molecule has 0 aliphatic carbocycles. The number of rotatable bonds is 4. The van der Waals surface area contributed by atoms with Crippen LogP contribution in [-0.2, 0) is 4.74 Å². The molecule has 2 heterocycles. The molecule has 1 atom stereocenters. The highest BCUT2D eigenvalue weighted by Gasteiger charge is 2.17. The summed E-state index contributed by atoms with van der Waals surface area (Å²) >= 11 is 0. The van der Waals surface area contributed by atoms with E-state index < -0.39 is 0 Å². The lowest BCUT2D eigenvalue weighted by atomic mass is 9.96. The average Bonchev–Trinajstić information content (AvgIpc) is 2.39. The van der Waals surface area contributed by atoms with E-state index in [1.54, 1.807) is 0 Å². The van der Waals surface area contributed by atoms with Gasteiger partial charge in [-0.1, -0.05) is 0 Å². The van der Waals surface area contributed by atoms with E-state index in [0.29, 0.717) is 5.92 Å². The fourth-order valence-corrected chi connectivity index (χ4v) is 2.28. The van der Waals surface area contributed by atoms with Crippen LogP contribution in [0.3, 0.4) is 0 Å². The van der Waals surface area contributed by atoms with Gasteiger partial charge in [-0.05, 0) is 31.9 Å². The third-order valence-electron chi connectivity index (χ3n) is 3.26. The summed E-state index contributed by atoms with van der Waals surface area (Å²) in [6, 6.07) is 4.24. The van der Waals surface area contributed by atoms with Crippen molar-refractivity contribution in [3.8, 4) is 0 Å². The van der Waals surface area contributed by atoms with Crippen molar-refractivity contribution in [3.05, 3.63) is 17.8 Å². The van der Waals surface area contributed by atoms with Gasteiger partial charge in [0.05, 0.1) is 5.69 Å². The first-order valence-corrected chi connectivity index (χ1v) is 6.55. The van der Waals surface area contributed by atoms with E-state index >= 15 is 0 Å². The molecule has 5 nitrogen and oxygen atoms in total. The Labute approximate surface area is 108 Å². The summed E-state index contributed by atoms with van der Waals surface area (Å²) < 4.78 is 5.36. The quantitative estimate of drug-likeness (QED) is 0.868. The molecule has 18 heavy (non-hydrogen) atoms. The number of likely N-dealkylation sites (N-methyl/N-ethyl adjacent to an activating group) is 1. The molecule has 1 saturated heterocycles. The van der Waals surface area contributed by atoms with Gasteiger partial charge in [-0.3, -0.25) is 0 Å². The molecule has 1 aromatic rings. The standard InChI is InChI=1S/C13H22N4O/c1-10(14)9-17(2)13-4-3-12(15-16-13)11-5-7-18-8-6-11/h3-4,10-11H,5-9,14H2,1-2H3. The van der Waals surface area contributed by atoms with E-state index in [2.05, 4.69) is 16.3 Å². The fourth-order valence-electron chi connectivity index (χ4n) is 2.28. The molecule has 100 valence electrons. The number of aromatic nitrogens is 2. The van der Waals surface area contributed by atoms with E-state index in [-0.39, 0.29) is 6.04 Å². The zero-order valence-electron chi connectivity index (χ0n) is 11.2. The number of hydrogen-bond donors (Lipinski definition) is 1. The monoisotopic (exact) mass is 250 g/mol. The minimum Gasteiger partial charge on any atom is -0.381 e. The number of nitrogens with two attached hydrogens (primary N) is 1. The van der Waals surface area contributed by atoms with Crippen LogP contribution in [0.5, 0.6) is 0 Å². The van der Waals surface area contributed by atoms with Crippen LogP contribution in [-0.4, -0.2) is 43.0 Å². The minimum absolute atomic E-state index is 0.131. The van der Waals surface area contributed by atoms with Crippen LogP contribution in [0.2, 0.25) is 0 Å². The zero-order valence-corrected chi connectivity index (χ0v) is 11.2. The Morgan fingerprint density at radius 2 is 2.11 bits per heavy atom. The first-order chi connectivity index (χ1) is 8.66. The Kier molecular flexibility index (Phi) is 4.49. The molecule has 2 N–H and O–H groups in total. The topological polar surface area (TPSA) is 64.3 Å². The van der Waals surface area contributed by atoms with Gasteiger partial charge in [0, 0.05) is 38.8 Å². The highest BCUT2D eigenvalue weighted by molar-refractivity contribution is 5.36. The van der Waals surface area contributed by atoms with E-state index in [0.717, 1.165) is 44.1 Å². The van der Waals surface area contributed by atoms with E-state index in [1.807, 2.05) is 24.9 Å². The summed E-state index contributed by atoms with van der Waals surface area (Å²) in [5.74, 6) is 1.38. The number of hydrogen-bond acceptors (Lipinski definition) is 5. The van der Waals surface area contributed by atoms with Crippen LogP contribution in [0.25, 0.3) is 0 Å². The maximum absolute atomic E-state index is 5.77. The molecule has 0 aromatic carbocycles. The second-order valence-electron chi connectivity index (χ2n) is 5.06. The van der Waals surface area contributed by atoms with Gasteiger partial charge in [0.2, 0.25) is 0 Å². The molecule has 0 saturated carbocycles. The van der Waals surface area contributed by atoms with Gasteiger partial charge in [0.15, 0.2) is 5.82 Å². The van der Waals surface area contributed by atoms with Crippen molar-refractivity contribution in [1.82, 2.24) is 10.2 Å². The van der Waals surface area contributed by atoms with Crippen molar-refractivity contribution in [3.63, 3.8) is 0 Å². The summed E-state index contributed by atoms with van der Waals surface area (Å²) in [7, 11) is 1.99. The van der Waals surface area contributed by atoms with Crippen LogP contribution < -0.4 is 10.6 Å². The van der Waals surface area contributed by atoms with Crippen molar-refractivity contribution >= 4 is 5.82 Å². The van der Waals surface area contributed by atoms with Crippen molar-refractivity contribution in [2.24, 2.45) is 5.73 Å². The first-order valence-electron chi connectivity index (χ1n) is 6.55. The lowest BCUT2D eigenvalue weighted by molar-refractivity contribution is 0.0843. The highest BCUT2D eigenvalue weighted by Crippen LogP contribution is 2.25. The maximum atomic E-state index is 5.77. The molecule has 5 heteroatoms. The number of anilines is 1. The van der Waals surface area contributed by atoms with Gasteiger partial charge in [0.25, 0.3) is 0 Å². The molecule has 0 bridgehead atoms. The Morgan fingerprint density at radius 3 is 2.67 bits per heavy atom. The summed E-state index contributed by atoms with van der Waals surface area (Å²) in [5.41, 5.74) is 6.85. The second kappa shape index (κ2) is 6.11. The van der Waals surface area contributed by atoms with Crippen molar-refractivity contribution in [1.29, 1.82) is 0 Å². The van der Waals surface area contributed by atoms with E-state index in [4.69, 9.17) is 10.5 Å². The van der Waals surface area contributed by atoms with Gasteiger partial charge >= 0.3 is 0 Å². The predicted octanol–water partition coefficient (Wildman–Crippen LogP) is 1.15. The fraction of sp³-hybridized carbons (Fsp3) is 0.692. The molecular weight excluding hydrogens is 228 g/mol. The first kappa shape index (κ1) is 13.2. The third kappa shape index (κ3) is 3.40. The Hall–Kier alpha value is -1.20. The molecule has 1 aliphatic rings. The van der Waals surface area contributed by atoms with Crippen LogP contribution in [0.15, 0.2) is 12.1 Å². The van der Waals surface area contributed by atoms with Gasteiger partial charge in [0.1, 0.15) is 0 Å². The maximum Gasteiger partial charge on any atom is 0.151 e. The minimum atomic E-state index is 0.131.